The van der Waals surface area contributed by atoms with Gasteiger partial charge in [0.05, 0.1) is 11.9 Å². The zero-order valence-corrected chi connectivity index (χ0v) is 17.6. The van der Waals surface area contributed by atoms with Gasteiger partial charge in [-0.3, -0.25) is 4.79 Å². The van der Waals surface area contributed by atoms with Crippen molar-refractivity contribution in [1.82, 2.24) is 19.9 Å². The van der Waals surface area contributed by atoms with Crippen LogP contribution in [0.4, 0.5) is 17.3 Å². The zero-order valence-electron chi connectivity index (χ0n) is 17.6. The fraction of sp³-hybridized carbons (Fsp3) is 0.381. The molecule has 9 nitrogen and oxygen atoms in total. The van der Waals surface area contributed by atoms with Crippen molar-refractivity contribution in [2.75, 3.05) is 31.0 Å². The van der Waals surface area contributed by atoms with Gasteiger partial charge in [0, 0.05) is 19.7 Å². The summed E-state index contributed by atoms with van der Waals surface area (Å²) in [6, 6.07) is 7.42. The van der Waals surface area contributed by atoms with Gasteiger partial charge in [-0.15, -0.1) is 0 Å². The minimum atomic E-state index is -0.199. The molecule has 0 unspecified atom stereocenters. The highest BCUT2D eigenvalue weighted by Crippen LogP contribution is 2.40. The second-order valence-corrected chi connectivity index (χ2v) is 7.94. The maximum atomic E-state index is 12.8. The van der Waals surface area contributed by atoms with Crippen LogP contribution in [0.3, 0.4) is 0 Å². The Morgan fingerprint density at radius 3 is 2.90 bits per heavy atom. The number of carbonyl (C=O) groups excluding carboxylic acids is 1. The van der Waals surface area contributed by atoms with Gasteiger partial charge in [-0.1, -0.05) is 26.8 Å². The van der Waals surface area contributed by atoms with E-state index in [2.05, 4.69) is 46.8 Å². The first-order chi connectivity index (χ1) is 14.4. The predicted octanol–water partition coefficient (Wildman–Crippen LogP) is 3.41. The van der Waals surface area contributed by atoms with Crippen LogP contribution in [0.25, 0.3) is 5.65 Å². The summed E-state index contributed by atoms with van der Waals surface area (Å²) in [6.45, 7) is 7.10. The number of hydrogen-bond donors (Lipinski definition) is 3. The number of rotatable bonds is 7. The van der Waals surface area contributed by atoms with Crippen molar-refractivity contribution >= 4 is 28.9 Å². The van der Waals surface area contributed by atoms with Crippen LogP contribution in [-0.4, -0.2) is 40.9 Å². The first-order valence-electron chi connectivity index (χ1n) is 9.92. The van der Waals surface area contributed by atoms with E-state index in [4.69, 9.17) is 9.47 Å². The van der Waals surface area contributed by atoms with E-state index in [0.29, 0.717) is 40.9 Å². The van der Waals surface area contributed by atoms with Crippen LogP contribution in [0.2, 0.25) is 0 Å². The molecule has 30 heavy (non-hydrogen) atoms. The molecule has 3 aromatic rings. The molecule has 3 heterocycles. The number of fused-ring (bicyclic) bond motifs is 2. The molecule has 1 aliphatic rings. The molecule has 0 aliphatic carbocycles. The average Bonchev–Trinajstić information content (AvgIpc) is 3.39. The van der Waals surface area contributed by atoms with Crippen molar-refractivity contribution in [3.05, 3.63) is 36.0 Å². The highest BCUT2D eigenvalue weighted by Gasteiger charge is 2.22. The second kappa shape index (κ2) is 7.74. The summed E-state index contributed by atoms with van der Waals surface area (Å²) >= 11 is 0. The van der Waals surface area contributed by atoms with Gasteiger partial charge >= 0.3 is 0 Å². The number of ether oxygens (including phenoxy) is 2. The molecule has 0 radical (unpaired) electrons. The largest absolute Gasteiger partial charge is 0.454 e. The number of benzene rings is 1. The lowest BCUT2D eigenvalue weighted by atomic mass is 9.90. The highest BCUT2D eigenvalue weighted by molar-refractivity contribution is 6.00. The number of carbonyl (C=O) groups is 1. The van der Waals surface area contributed by atoms with E-state index < -0.39 is 0 Å². The fourth-order valence-corrected chi connectivity index (χ4v) is 3.07. The Balaban J connectivity index is 1.67. The van der Waals surface area contributed by atoms with E-state index in [9.17, 15) is 4.79 Å². The van der Waals surface area contributed by atoms with Crippen LogP contribution in [0.5, 0.6) is 11.5 Å². The molecule has 1 amide bonds. The van der Waals surface area contributed by atoms with Crippen LogP contribution in [0, 0.1) is 5.41 Å². The first-order valence-corrected chi connectivity index (χ1v) is 9.92. The molecule has 1 aromatic carbocycles. The molecular weight excluding hydrogens is 384 g/mol. The van der Waals surface area contributed by atoms with Gasteiger partial charge in [-0.05, 0) is 24.0 Å². The van der Waals surface area contributed by atoms with Gasteiger partial charge in [0.15, 0.2) is 17.1 Å². The number of nitrogens with one attached hydrogen (secondary N) is 3. The predicted molar refractivity (Wildman–Crippen MR) is 115 cm³/mol. The summed E-state index contributed by atoms with van der Waals surface area (Å²) < 4.78 is 12.6. The van der Waals surface area contributed by atoms with Crippen LogP contribution in [0.15, 0.2) is 30.5 Å². The third-order valence-corrected chi connectivity index (χ3v) is 5.32. The van der Waals surface area contributed by atoms with Gasteiger partial charge in [-0.25, -0.2) is 4.98 Å². The molecule has 3 N–H and O–H groups in total. The van der Waals surface area contributed by atoms with Gasteiger partial charge in [-0.2, -0.15) is 9.61 Å². The van der Waals surface area contributed by atoms with E-state index in [1.807, 2.05) is 24.3 Å². The molecule has 2 aromatic heterocycles. The molecule has 9 heteroatoms. The molecule has 0 bridgehead atoms. The molecule has 0 saturated carbocycles. The van der Waals surface area contributed by atoms with Crippen LogP contribution >= 0.6 is 0 Å². The van der Waals surface area contributed by atoms with Gasteiger partial charge in [0.2, 0.25) is 6.79 Å². The Labute approximate surface area is 174 Å². The van der Waals surface area contributed by atoms with Crippen LogP contribution < -0.4 is 25.4 Å². The number of para-hydroxylation sites is 1. The highest BCUT2D eigenvalue weighted by atomic mass is 16.7. The monoisotopic (exact) mass is 410 g/mol. The smallest absolute Gasteiger partial charge is 0.256 e. The van der Waals surface area contributed by atoms with Crippen molar-refractivity contribution in [2.24, 2.45) is 5.41 Å². The third kappa shape index (κ3) is 3.70. The van der Waals surface area contributed by atoms with Crippen molar-refractivity contribution in [3.63, 3.8) is 0 Å². The van der Waals surface area contributed by atoms with Gasteiger partial charge in [0.25, 0.3) is 5.91 Å². The Morgan fingerprint density at radius 1 is 1.30 bits per heavy atom. The summed E-state index contributed by atoms with van der Waals surface area (Å²) in [4.78, 5) is 17.5. The number of amides is 1. The number of anilines is 3. The summed E-state index contributed by atoms with van der Waals surface area (Å²) in [5.74, 6) is 2.37. The summed E-state index contributed by atoms with van der Waals surface area (Å²) in [5.41, 5.74) is 1.63. The Morgan fingerprint density at radius 2 is 2.13 bits per heavy atom. The Kier molecular flexibility index (Phi) is 5.11. The molecule has 4 rings (SSSR count). The molecule has 158 valence electrons. The number of hydrogen-bond acceptors (Lipinski definition) is 7. The molecule has 0 spiro atoms. The molecule has 0 atom stereocenters. The SMILES string of the molecule is CCC(C)(C)CNC(=O)c1cnn2c(NC)cc(Nc3cccc4c3OCO4)nc12. The quantitative estimate of drug-likeness (QED) is 0.549. The van der Waals surface area contributed by atoms with E-state index in [-0.39, 0.29) is 18.1 Å². The third-order valence-electron chi connectivity index (χ3n) is 5.32. The van der Waals surface area contributed by atoms with Crippen molar-refractivity contribution in [2.45, 2.75) is 27.2 Å². The lowest BCUT2D eigenvalue weighted by molar-refractivity contribution is 0.0937. The molecule has 0 saturated heterocycles. The Hall–Kier alpha value is -3.49. The van der Waals surface area contributed by atoms with E-state index in [0.717, 1.165) is 12.1 Å². The summed E-state index contributed by atoms with van der Waals surface area (Å²) in [5, 5.41) is 13.7. The van der Waals surface area contributed by atoms with E-state index in [1.165, 1.54) is 0 Å². The maximum absolute atomic E-state index is 12.8. The minimum absolute atomic E-state index is 0.0185. The Bertz CT molecular complexity index is 1090. The van der Waals surface area contributed by atoms with Crippen LogP contribution in [-0.2, 0) is 0 Å². The fourth-order valence-electron chi connectivity index (χ4n) is 3.07. The van der Waals surface area contributed by atoms with Crippen molar-refractivity contribution < 1.29 is 14.3 Å². The van der Waals surface area contributed by atoms with Crippen molar-refractivity contribution in [1.29, 1.82) is 0 Å². The van der Waals surface area contributed by atoms with Crippen LogP contribution in [0.1, 0.15) is 37.6 Å². The minimum Gasteiger partial charge on any atom is -0.454 e. The lowest BCUT2D eigenvalue weighted by Crippen LogP contribution is -2.33. The first kappa shape index (κ1) is 19.8. The van der Waals surface area contributed by atoms with Gasteiger partial charge < -0.3 is 25.4 Å². The topological polar surface area (TPSA) is 102 Å². The number of nitrogens with zero attached hydrogens (tertiary/aromatic N) is 3. The normalized spacial score (nSPS) is 12.8. The lowest BCUT2D eigenvalue weighted by Gasteiger charge is -2.22. The summed E-state index contributed by atoms with van der Waals surface area (Å²) in [7, 11) is 1.79. The van der Waals surface area contributed by atoms with Gasteiger partial charge in [0.1, 0.15) is 17.2 Å². The zero-order chi connectivity index (χ0) is 21.3. The summed E-state index contributed by atoms with van der Waals surface area (Å²) in [6.07, 6.45) is 2.50. The number of aromatic nitrogens is 3. The van der Waals surface area contributed by atoms with E-state index >= 15 is 0 Å². The van der Waals surface area contributed by atoms with Crippen molar-refractivity contribution in [3.8, 4) is 11.5 Å². The average molecular weight is 410 g/mol. The molecular formula is C21H26N6O3. The molecule has 1 aliphatic heterocycles. The molecule has 0 fully saturated rings. The maximum Gasteiger partial charge on any atom is 0.256 e. The van der Waals surface area contributed by atoms with E-state index in [1.54, 1.807) is 17.8 Å². The second-order valence-electron chi connectivity index (χ2n) is 7.94. The standard InChI is InChI=1S/C21H26N6O3/c1-5-21(2,3)11-23-20(28)13-10-24-27-17(22-4)9-16(26-19(13)27)25-14-7-6-8-15-18(14)30-12-29-15/h6-10,22H,5,11-12H2,1-4H3,(H,23,28)(H,25,26).